The van der Waals surface area contributed by atoms with Crippen LogP contribution in [0.2, 0.25) is 0 Å². The third-order valence-electron chi connectivity index (χ3n) is 3.05. The molecule has 0 aromatic carbocycles. The van der Waals surface area contributed by atoms with E-state index in [1.165, 1.54) is 19.0 Å². The summed E-state index contributed by atoms with van der Waals surface area (Å²) in [5.41, 5.74) is 6.59. The Labute approximate surface area is 83.3 Å². The van der Waals surface area contributed by atoms with Crippen LogP contribution in [0.4, 0.5) is 4.39 Å². The average Bonchev–Trinajstić information content (AvgIpc) is 2.70. The molecule has 1 saturated carbocycles. The summed E-state index contributed by atoms with van der Waals surface area (Å²) >= 11 is 0. The molecule has 0 bridgehead atoms. The molecule has 14 heavy (non-hydrogen) atoms. The highest BCUT2D eigenvalue weighted by Crippen LogP contribution is 2.34. The van der Waals surface area contributed by atoms with Crippen molar-refractivity contribution < 1.29 is 4.39 Å². The van der Waals surface area contributed by atoms with Crippen molar-refractivity contribution in [2.75, 3.05) is 0 Å². The van der Waals surface area contributed by atoms with Crippen LogP contribution in [0, 0.1) is 11.9 Å². The van der Waals surface area contributed by atoms with Gasteiger partial charge in [0.1, 0.15) is 0 Å². The second-order valence-corrected chi connectivity index (χ2v) is 3.95. The number of aromatic nitrogens is 1. The molecule has 1 aromatic rings. The Hall–Kier alpha value is -0.960. The highest BCUT2D eigenvalue weighted by atomic mass is 19.1. The highest BCUT2D eigenvalue weighted by molar-refractivity contribution is 5.16. The molecule has 1 aliphatic rings. The smallest absolute Gasteiger partial charge is 0.217 e. The van der Waals surface area contributed by atoms with Crippen molar-refractivity contribution in [1.82, 2.24) is 4.98 Å². The van der Waals surface area contributed by atoms with Crippen LogP contribution < -0.4 is 5.73 Å². The van der Waals surface area contributed by atoms with E-state index in [1.807, 2.05) is 0 Å². The minimum absolute atomic E-state index is 0.175. The summed E-state index contributed by atoms with van der Waals surface area (Å²) in [4.78, 5) is 3.62. The van der Waals surface area contributed by atoms with Crippen molar-refractivity contribution in [3.05, 3.63) is 29.8 Å². The Morgan fingerprint density at radius 2 is 2.14 bits per heavy atom. The van der Waals surface area contributed by atoms with Crippen LogP contribution in [0.1, 0.15) is 37.3 Å². The molecule has 1 fully saturated rings. The highest BCUT2D eigenvalue weighted by Gasteiger charge is 2.25. The zero-order valence-corrected chi connectivity index (χ0v) is 8.12. The van der Waals surface area contributed by atoms with Crippen molar-refractivity contribution in [2.45, 2.75) is 31.7 Å². The second kappa shape index (κ2) is 4.05. The molecule has 0 radical (unpaired) electrons. The van der Waals surface area contributed by atoms with E-state index in [9.17, 15) is 4.39 Å². The Morgan fingerprint density at radius 3 is 2.79 bits per heavy atom. The van der Waals surface area contributed by atoms with E-state index in [-0.39, 0.29) is 6.04 Å². The first kappa shape index (κ1) is 9.59. The van der Waals surface area contributed by atoms with Crippen molar-refractivity contribution >= 4 is 0 Å². The van der Waals surface area contributed by atoms with E-state index >= 15 is 0 Å². The summed E-state index contributed by atoms with van der Waals surface area (Å²) in [5, 5.41) is 0. The molecule has 0 saturated heterocycles. The van der Waals surface area contributed by atoms with Gasteiger partial charge < -0.3 is 5.73 Å². The van der Waals surface area contributed by atoms with Gasteiger partial charge in [-0.25, -0.2) is 4.98 Å². The molecule has 3 heteroatoms. The van der Waals surface area contributed by atoms with Crippen molar-refractivity contribution in [1.29, 1.82) is 0 Å². The molecule has 76 valence electrons. The molecule has 1 aromatic heterocycles. The molecule has 1 aliphatic carbocycles. The van der Waals surface area contributed by atoms with Crippen LogP contribution in [0.25, 0.3) is 0 Å². The molecule has 1 unspecified atom stereocenters. The number of hydrogen-bond acceptors (Lipinski definition) is 2. The van der Waals surface area contributed by atoms with E-state index in [1.54, 1.807) is 12.1 Å². The molecule has 2 rings (SSSR count). The summed E-state index contributed by atoms with van der Waals surface area (Å²) < 4.78 is 13.3. The summed E-state index contributed by atoms with van der Waals surface area (Å²) in [6.45, 7) is 0. The number of rotatable bonds is 2. The van der Waals surface area contributed by atoms with Crippen LogP contribution in [-0.4, -0.2) is 4.98 Å². The number of nitrogens with zero attached hydrogens (tertiary/aromatic N) is 1. The van der Waals surface area contributed by atoms with E-state index < -0.39 is 5.95 Å². The van der Waals surface area contributed by atoms with Crippen molar-refractivity contribution in [3.8, 4) is 0 Å². The summed E-state index contributed by atoms with van der Waals surface area (Å²) in [5.74, 6) is 0.0283. The Morgan fingerprint density at radius 1 is 1.43 bits per heavy atom. The topological polar surface area (TPSA) is 38.9 Å². The van der Waals surface area contributed by atoms with E-state index in [4.69, 9.17) is 5.73 Å². The largest absolute Gasteiger partial charge is 0.324 e. The first-order chi connectivity index (χ1) is 6.79. The fraction of sp³-hybridized carbons (Fsp3) is 0.545. The molecule has 0 spiro atoms. The van der Waals surface area contributed by atoms with Gasteiger partial charge in [-0.3, -0.25) is 0 Å². The minimum atomic E-state index is -0.410. The molecular formula is C11H15FN2. The van der Waals surface area contributed by atoms with Gasteiger partial charge >= 0.3 is 0 Å². The maximum Gasteiger partial charge on any atom is 0.217 e. The second-order valence-electron chi connectivity index (χ2n) is 3.95. The number of halogens is 1. The van der Waals surface area contributed by atoms with Crippen LogP contribution in [-0.2, 0) is 0 Å². The van der Waals surface area contributed by atoms with Gasteiger partial charge in [-0.2, -0.15) is 4.39 Å². The number of pyridine rings is 1. The molecule has 1 heterocycles. The lowest BCUT2D eigenvalue weighted by molar-refractivity contribution is 0.422. The van der Waals surface area contributed by atoms with Crippen LogP contribution in [0.15, 0.2) is 18.3 Å². The normalized spacial score (nSPS) is 19.9. The zero-order chi connectivity index (χ0) is 9.97. The lowest BCUT2D eigenvalue weighted by atomic mass is 9.93. The fourth-order valence-corrected chi connectivity index (χ4v) is 2.22. The third kappa shape index (κ3) is 1.77. The van der Waals surface area contributed by atoms with Crippen molar-refractivity contribution in [3.63, 3.8) is 0 Å². The standard InChI is InChI=1S/C11H15FN2/c12-11-9(6-3-7-14-11)10(13)8-4-1-2-5-8/h3,6-8,10H,1-2,4-5,13H2. The van der Waals surface area contributed by atoms with Gasteiger partial charge in [0.15, 0.2) is 0 Å². The van der Waals surface area contributed by atoms with Gasteiger partial charge in [0, 0.05) is 17.8 Å². The molecule has 0 amide bonds. The molecule has 2 nitrogen and oxygen atoms in total. The summed E-state index contributed by atoms with van der Waals surface area (Å²) in [7, 11) is 0. The van der Waals surface area contributed by atoms with Gasteiger partial charge in [0.25, 0.3) is 0 Å². The Balaban J connectivity index is 2.17. The van der Waals surface area contributed by atoms with Crippen LogP contribution >= 0.6 is 0 Å². The molecular weight excluding hydrogens is 179 g/mol. The van der Waals surface area contributed by atoms with Gasteiger partial charge in [-0.1, -0.05) is 18.9 Å². The number of nitrogens with two attached hydrogens (primary N) is 1. The lowest BCUT2D eigenvalue weighted by Crippen LogP contribution is -2.20. The predicted molar refractivity (Wildman–Crippen MR) is 53.1 cm³/mol. The first-order valence-electron chi connectivity index (χ1n) is 5.15. The van der Waals surface area contributed by atoms with Crippen LogP contribution in [0.3, 0.4) is 0 Å². The Kier molecular flexibility index (Phi) is 2.77. The van der Waals surface area contributed by atoms with Gasteiger partial charge in [0.2, 0.25) is 5.95 Å². The predicted octanol–water partition coefficient (Wildman–Crippen LogP) is 2.41. The summed E-state index contributed by atoms with van der Waals surface area (Å²) in [6.07, 6.45) is 6.14. The molecule has 1 atom stereocenters. The maximum absolute atomic E-state index is 13.3. The van der Waals surface area contributed by atoms with Crippen molar-refractivity contribution in [2.24, 2.45) is 11.7 Å². The SMILES string of the molecule is NC(c1cccnc1F)C1CCCC1. The Bertz CT molecular complexity index is 308. The maximum atomic E-state index is 13.3. The van der Waals surface area contributed by atoms with Gasteiger partial charge in [-0.15, -0.1) is 0 Å². The molecule has 0 aliphatic heterocycles. The zero-order valence-electron chi connectivity index (χ0n) is 8.12. The van der Waals surface area contributed by atoms with E-state index in [2.05, 4.69) is 4.98 Å². The summed E-state index contributed by atoms with van der Waals surface area (Å²) in [6, 6.07) is 3.31. The van der Waals surface area contributed by atoms with Crippen LogP contribution in [0.5, 0.6) is 0 Å². The monoisotopic (exact) mass is 194 g/mol. The number of hydrogen-bond donors (Lipinski definition) is 1. The average molecular weight is 194 g/mol. The van der Waals surface area contributed by atoms with Gasteiger partial charge in [-0.05, 0) is 24.8 Å². The van der Waals surface area contributed by atoms with Gasteiger partial charge in [0.05, 0.1) is 0 Å². The minimum Gasteiger partial charge on any atom is -0.324 e. The van der Waals surface area contributed by atoms with E-state index in [0.717, 1.165) is 12.8 Å². The first-order valence-corrected chi connectivity index (χ1v) is 5.15. The van der Waals surface area contributed by atoms with E-state index in [0.29, 0.717) is 11.5 Å². The fourth-order valence-electron chi connectivity index (χ4n) is 2.22. The quantitative estimate of drug-likeness (QED) is 0.734. The third-order valence-corrected chi connectivity index (χ3v) is 3.05. The lowest BCUT2D eigenvalue weighted by Gasteiger charge is -2.18. The molecule has 2 N–H and O–H groups in total.